The Balaban J connectivity index is 1.91. The first-order valence-electron chi connectivity index (χ1n) is 8.90. The monoisotopic (exact) mass is 398 g/mol. The van der Waals surface area contributed by atoms with Crippen LogP contribution in [0.4, 0.5) is 10.5 Å². The molecule has 0 aromatic heterocycles. The van der Waals surface area contributed by atoms with Crippen LogP contribution in [0.15, 0.2) is 48.5 Å². The Kier molecular flexibility index (Phi) is 7.90. The summed E-state index contributed by atoms with van der Waals surface area (Å²) in [6.07, 6.45) is 3.38. The maximum Gasteiger partial charge on any atom is 0.407 e. The van der Waals surface area contributed by atoms with E-state index in [2.05, 4.69) is 10.1 Å². The molecule has 0 radical (unpaired) electrons. The average molecular weight is 398 g/mol. The van der Waals surface area contributed by atoms with Crippen molar-refractivity contribution in [1.29, 1.82) is 0 Å². The molecule has 1 amide bonds. The van der Waals surface area contributed by atoms with Crippen molar-refractivity contribution in [2.75, 3.05) is 13.7 Å². The highest BCUT2D eigenvalue weighted by Gasteiger charge is 2.18. The van der Waals surface area contributed by atoms with Gasteiger partial charge in [0.15, 0.2) is 0 Å². The molecule has 8 nitrogen and oxygen atoms in total. The van der Waals surface area contributed by atoms with Gasteiger partial charge in [0.1, 0.15) is 6.61 Å². The summed E-state index contributed by atoms with van der Waals surface area (Å²) in [5, 5.41) is 13.7. The lowest BCUT2D eigenvalue weighted by molar-refractivity contribution is -0.384. The van der Waals surface area contributed by atoms with E-state index in [-0.39, 0.29) is 17.9 Å². The molecule has 0 aliphatic rings. The lowest BCUT2D eigenvalue weighted by Crippen LogP contribution is -2.24. The molecule has 0 fully saturated rings. The summed E-state index contributed by atoms with van der Waals surface area (Å²) in [4.78, 5) is 34.1. The summed E-state index contributed by atoms with van der Waals surface area (Å²) in [5.41, 5.74) is 1.95. The van der Waals surface area contributed by atoms with Gasteiger partial charge in [0, 0.05) is 18.7 Å². The predicted molar refractivity (Wildman–Crippen MR) is 107 cm³/mol. The van der Waals surface area contributed by atoms with Crippen LogP contribution in [0.25, 0.3) is 6.08 Å². The topological polar surface area (TPSA) is 108 Å². The fraction of sp³-hybridized carbons (Fsp3) is 0.238. The van der Waals surface area contributed by atoms with Crippen molar-refractivity contribution in [3.05, 3.63) is 80.9 Å². The summed E-state index contributed by atoms with van der Waals surface area (Å²) < 4.78 is 9.79. The molecule has 0 heterocycles. The van der Waals surface area contributed by atoms with Crippen LogP contribution in [0.2, 0.25) is 0 Å². The Morgan fingerprint density at radius 3 is 2.59 bits per heavy atom. The first kappa shape index (κ1) is 21.6. The van der Waals surface area contributed by atoms with Gasteiger partial charge < -0.3 is 14.8 Å². The van der Waals surface area contributed by atoms with E-state index in [0.717, 1.165) is 5.56 Å². The zero-order valence-corrected chi connectivity index (χ0v) is 16.2. The number of nitrogens with zero attached hydrogens (tertiary/aromatic N) is 1. The molecular weight excluding hydrogens is 376 g/mol. The van der Waals surface area contributed by atoms with Crippen LogP contribution in [0.1, 0.15) is 33.5 Å². The number of hydrogen-bond donors (Lipinski definition) is 1. The molecule has 2 aromatic rings. The number of hydrogen-bond acceptors (Lipinski definition) is 6. The molecule has 0 unspecified atom stereocenters. The van der Waals surface area contributed by atoms with Gasteiger partial charge in [0.25, 0.3) is 5.69 Å². The fourth-order valence-corrected chi connectivity index (χ4v) is 2.56. The van der Waals surface area contributed by atoms with Gasteiger partial charge in [0.05, 0.1) is 17.6 Å². The molecule has 1 N–H and O–H groups in total. The van der Waals surface area contributed by atoms with E-state index >= 15 is 0 Å². The van der Waals surface area contributed by atoms with Gasteiger partial charge in [-0.25, -0.2) is 9.59 Å². The maximum absolute atomic E-state index is 11.8. The van der Waals surface area contributed by atoms with E-state index in [1.165, 1.54) is 19.2 Å². The highest BCUT2D eigenvalue weighted by atomic mass is 16.6. The number of carbonyl (C=O) groups is 2. The standard InChI is InChI=1S/C21H22N2O6/c1-15-17(12-18(23(26)27)13-19(15)20(24)28-2)10-6-7-11-22-21(25)29-14-16-8-4-3-5-9-16/h3-6,8-10,12-13H,7,11,14H2,1-2H3,(H,22,25). The van der Waals surface area contributed by atoms with Gasteiger partial charge in [-0.1, -0.05) is 42.5 Å². The number of methoxy groups -OCH3 is 1. The summed E-state index contributed by atoms with van der Waals surface area (Å²) in [6, 6.07) is 11.9. The summed E-state index contributed by atoms with van der Waals surface area (Å²) in [5.74, 6) is -0.635. The third kappa shape index (κ3) is 6.46. The Morgan fingerprint density at radius 1 is 1.21 bits per heavy atom. The van der Waals surface area contributed by atoms with Crippen LogP contribution in [0.3, 0.4) is 0 Å². The third-order valence-corrected chi connectivity index (χ3v) is 4.14. The minimum atomic E-state index is -0.635. The van der Waals surface area contributed by atoms with Crippen LogP contribution in [-0.2, 0) is 16.1 Å². The second-order valence-electron chi connectivity index (χ2n) is 6.14. The van der Waals surface area contributed by atoms with Crippen LogP contribution in [0.5, 0.6) is 0 Å². The minimum Gasteiger partial charge on any atom is -0.465 e. The number of esters is 1. The number of nitro groups is 1. The number of amides is 1. The van der Waals surface area contributed by atoms with E-state index in [9.17, 15) is 19.7 Å². The summed E-state index contributed by atoms with van der Waals surface area (Å²) >= 11 is 0. The highest BCUT2D eigenvalue weighted by Crippen LogP contribution is 2.24. The summed E-state index contributed by atoms with van der Waals surface area (Å²) in [6.45, 7) is 2.21. The predicted octanol–water partition coefficient (Wildman–Crippen LogP) is 4.02. The number of ether oxygens (including phenoxy) is 2. The van der Waals surface area contributed by atoms with Crippen molar-refractivity contribution in [2.45, 2.75) is 20.0 Å². The first-order chi connectivity index (χ1) is 13.9. The molecule has 0 bridgehead atoms. The van der Waals surface area contributed by atoms with Gasteiger partial charge in [-0.15, -0.1) is 0 Å². The lowest BCUT2D eigenvalue weighted by atomic mass is 10.0. The molecular formula is C21H22N2O6. The van der Waals surface area contributed by atoms with E-state index in [1.807, 2.05) is 30.3 Å². The van der Waals surface area contributed by atoms with Crippen molar-refractivity contribution in [2.24, 2.45) is 0 Å². The number of non-ortho nitro benzene ring substituents is 1. The SMILES string of the molecule is COC(=O)c1cc([N+](=O)[O-])cc(C=CCCNC(=O)OCc2ccccc2)c1C. The van der Waals surface area contributed by atoms with Crippen LogP contribution < -0.4 is 5.32 Å². The highest BCUT2D eigenvalue weighted by molar-refractivity contribution is 5.93. The number of alkyl carbamates (subject to hydrolysis) is 1. The number of carbonyl (C=O) groups excluding carboxylic acids is 2. The van der Waals surface area contributed by atoms with Gasteiger partial charge in [-0.05, 0) is 30.0 Å². The maximum atomic E-state index is 11.8. The minimum absolute atomic E-state index is 0.143. The van der Waals surface area contributed by atoms with E-state index in [1.54, 1.807) is 19.1 Å². The number of benzene rings is 2. The van der Waals surface area contributed by atoms with Crippen molar-refractivity contribution in [3.8, 4) is 0 Å². The molecule has 2 aromatic carbocycles. The Bertz CT molecular complexity index is 909. The molecule has 0 aliphatic carbocycles. The number of nitrogens with one attached hydrogen (secondary N) is 1. The molecule has 0 atom stereocenters. The van der Waals surface area contributed by atoms with Crippen molar-refractivity contribution < 1.29 is 24.0 Å². The smallest absolute Gasteiger partial charge is 0.407 e. The van der Waals surface area contributed by atoms with Gasteiger partial charge >= 0.3 is 12.1 Å². The quantitative estimate of drug-likeness (QED) is 0.311. The Labute approximate surface area is 168 Å². The zero-order valence-electron chi connectivity index (χ0n) is 16.2. The third-order valence-electron chi connectivity index (χ3n) is 4.14. The molecule has 8 heteroatoms. The van der Waals surface area contributed by atoms with Crippen molar-refractivity contribution >= 4 is 23.8 Å². The van der Waals surface area contributed by atoms with Crippen LogP contribution >= 0.6 is 0 Å². The Morgan fingerprint density at radius 2 is 1.93 bits per heavy atom. The van der Waals surface area contributed by atoms with Crippen molar-refractivity contribution in [1.82, 2.24) is 5.32 Å². The summed E-state index contributed by atoms with van der Waals surface area (Å²) in [7, 11) is 1.22. The molecule has 0 saturated carbocycles. The molecule has 152 valence electrons. The van der Waals surface area contributed by atoms with Crippen LogP contribution in [-0.4, -0.2) is 30.6 Å². The zero-order chi connectivity index (χ0) is 21.2. The van der Waals surface area contributed by atoms with Crippen LogP contribution in [0, 0.1) is 17.0 Å². The first-order valence-corrected chi connectivity index (χ1v) is 8.90. The normalized spacial score (nSPS) is 10.6. The molecule has 0 spiro atoms. The van der Waals surface area contributed by atoms with Gasteiger partial charge in [-0.2, -0.15) is 0 Å². The second-order valence-corrected chi connectivity index (χ2v) is 6.14. The number of rotatable bonds is 8. The van der Waals surface area contributed by atoms with E-state index < -0.39 is 17.0 Å². The number of nitro benzene ring substituents is 1. The largest absolute Gasteiger partial charge is 0.465 e. The lowest BCUT2D eigenvalue weighted by Gasteiger charge is -2.08. The Hall–Kier alpha value is -3.68. The second kappa shape index (κ2) is 10.6. The van der Waals surface area contributed by atoms with Crippen molar-refractivity contribution in [3.63, 3.8) is 0 Å². The fourth-order valence-electron chi connectivity index (χ4n) is 2.56. The van der Waals surface area contributed by atoms with E-state index in [4.69, 9.17) is 4.74 Å². The molecule has 29 heavy (non-hydrogen) atoms. The molecule has 0 saturated heterocycles. The van der Waals surface area contributed by atoms with Gasteiger partial charge in [-0.3, -0.25) is 10.1 Å². The average Bonchev–Trinajstić information content (AvgIpc) is 2.73. The van der Waals surface area contributed by atoms with E-state index in [0.29, 0.717) is 24.1 Å². The molecule has 0 aliphatic heterocycles. The molecule has 2 rings (SSSR count). The van der Waals surface area contributed by atoms with Gasteiger partial charge in [0.2, 0.25) is 0 Å².